The molecule has 0 rings (SSSR count). The van der Waals surface area contributed by atoms with E-state index in [1.807, 2.05) is 0 Å². The first-order valence-corrected chi connectivity index (χ1v) is 6.15. The molecule has 0 radical (unpaired) electrons. The number of hydrogen-bond donors (Lipinski definition) is 1. The second-order valence-corrected chi connectivity index (χ2v) is 5.25. The van der Waals surface area contributed by atoms with Crippen molar-refractivity contribution in [1.29, 1.82) is 0 Å². The van der Waals surface area contributed by atoms with Gasteiger partial charge in [-0.05, 0) is 20.3 Å². The number of halogens is 3. The van der Waals surface area contributed by atoms with E-state index < -0.39 is 30.1 Å². The molecule has 0 aliphatic heterocycles. The van der Waals surface area contributed by atoms with Crippen LogP contribution in [-0.4, -0.2) is 48.7 Å². The highest BCUT2D eigenvalue weighted by molar-refractivity contribution is 5.77. The summed E-state index contributed by atoms with van der Waals surface area (Å²) in [5, 5.41) is 0. The standard InChI is InChI=1S/C12H21F3N2O3/c1-11(2,16)6-4-9(18)17(8-12(13,14)15)7-5-10(19)20-3/h4-8,16H2,1-3H3. The minimum absolute atomic E-state index is 0.0965. The van der Waals surface area contributed by atoms with Gasteiger partial charge in [0.1, 0.15) is 6.54 Å². The van der Waals surface area contributed by atoms with Crippen LogP contribution in [0.25, 0.3) is 0 Å². The molecule has 5 nitrogen and oxygen atoms in total. The lowest BCUT2D eigenvalue weighted by Gasteiger charge is -2.25. The van der Waals surface area contributed by atoms with E-state index in [0.717, 1.165) is 7.11 Å². The molecular formula is C12H21F3N2O3. The van der Waals surface area contributed by atoms with E-state index in [1.54, 1.807) is 13.8 Å². The predicted octanol–water partition coefficient (Wildman–Crippen LogP) is 1.46. The van der Waals surface area contributed by atoms with Crippen LogP contribution in [0.5, 0.6) is 0 Å². The summed E-state index contributed by atoms with van der Waals surface area (Å²) >= 11 is 0. The number of amides is 1. The number of esters is 1. The number of hydrogen-bond acceptors (Lipinski definition) is 4. The Morgan fingerprint density at radius 3 is 2.15 bits per heavy atom. The molecule has 8 heteroatoms. The average Bonchev–Trinajstić information content (AvgIpc) is 2.28. The van der Waals surface area contributed by atoms with Crippen molar-refractivity contribution < 1.29 is 27.5 Å². The van der Waals surface area contributed by atoms with Crippen LogP contribution in [0.3, 0.4) is 0 Å². The quantitative estimate of drug-likeness (QED) is 0.722. The van der Waals surface area contributed by atoms with E-state index >= 15 is 0 Å². The van der Waals surface area contributed by atoms with Crippen molar-refractivity contribution in [2.75, 3.05) is 20.2 Å². The third-order valence-electron chi connectivity index (χ3n) is 2.52. The summed E-state index contributed by atoms with van der Waals surface area (Å²) in [6, 6.07) is 0. The zero-order chi connectivity index (χ0) is 16.0. The van der Waals surface area contributed by atoms with Crippen molar-refractivity contribution in [2.45, 2.75) is 44.8 Å². The zero-order valence-corrected chi connectivity index (χ0v) is 11.9. The number of nitrogens with two attached hydrogens (primary N) is 1. The van der Waals surface area contributed by atoms with Crippen molar-refractivity contribution in [3.63, 3.8) is 0 Å². The zero-order valence-electron chi connectivity index (χ0n) is 11.9. The molecule has 2 N–H and O–H groups in total. The summed E-state index contributed by atoms with van der Waals surface area (Å²) in [7, 11) is 1.13. The van der Waals surface area contributed by atoms with Gasteiger partial charge in [0.05, 0.1) is 13.5 Å². The Labute approximate surface area is 116 Å². The van der Waals surface area contributed by atoms with Crippen LogP contribution < -0.4 is 5.73 Å². The fourth-order valence-corrected chi connectivity index (χ4v) is 1.42. The van der Waals surface area contributed by atoms with Crippen molar-refractivity contribution >= 4 is 11.9 Å². The molecular weight excluding hydrogens is 277 g/mol. The molecule has 0 saturated heterocycles. The van der Waals surface area contributed by atoms with Crippen LogP contribution in [0.2, 0.25) is 0 Å². The molecule has 0 bridgehead atoms. The van der Waals surface area contributed by atoms with Crippen molar-refractivity contribution in [3.05, 3.63) is 0 Å². The first kappa shape index (κ1) is 18.7. The van der Waals surface area contributed by atoms with Crippen LogP contribution in [0.15, 0.2) is 0 Å². The molecule has 0 saturated carbocycles. The van der Waals surface area contributed by atoms with E-state index in [4.69, 9.17) is 5.73 Å². The number of rotatable bonds is 7. The Hall–Kier alpha value is -1.31. The summed E-state index contributed by atoms with van der Waals surface area (Å²) in [5.74, 6) is -1.34. The maximum absolute atomic E-state index is 12.4. The lowest BCUT2D eigenvalue weighted by atomic mass is 9.99. The summed E-state index contributed by atoms with van der Waals surface area (Å²) in [4.78, 5) is 23.4. The molecule has 0 spiro atoms. The smallest absolute Gasteiger partial charge is 0.406 e. The van der Waals surface area contributed by atoms with Crippen molar-refractivity contribution in [1.82, 2.24) is 4.90 Å². The fourth-order valence-electron chi connectivity index (χ4n) is 1.42. The molecule has 0 aromatic carbocycles. The highest BCUT2D eigenvalue weighted by atomic mass is 19.4. The summed E-state index contributed by atoms with van der Waals surface area (Å²) < 4.78 is 41.6. The van der Waals surface area contributed by atoms with Gasteiger partial charge in [-0.3, -0.25) is 9.59 Å². The average molecular weight is 298 g/mol. The van der Waals surface area contributed by atoms with Gasteiger partial charge in [-0.2, -0.15) is 13.2 Å². The molecule has 20 heavy (non-hydrogen) atoms. The monoisotopic (exact) mass is 298 g/mol. The highest BCUT2D eigenvalue weighted by Gasteiger charge is 2.33. The Balaban J connectivity index is 4.58. The van der Waals surface area contributed by atoms with Crippen LogP contribution in [0.1, 0.15) is 33.1 Å². The largest absolute Gasteiger partial charge is 0.469 e. The molecule has 118 valence electrons. The van der Waals surface area contributed by atoms with Crippen LogP contribution in [-0.2, 0) is 14.3 Å². The van der Waals surface area contributed by atoms with Gasteiger partial charge in [0.2, 0.25) is 5.91 Å². The third kappa shape index (κ3) is 9.60. The minimum Gasteiger partial charge on any atom is -0.469 e. The second-order valence-electron chi connectivity index (χ2n) is 5.25. The van der Waals surface area contributed by atoms with Gasteiger partial charge >= 0.3 is 12.1 Å². The highest BCUT2D eigenvalue weighted by Crippen LogP contribution is 2.18. The number of methoxy groups -OCH3 is 1. The van der Waals surface area contributed by atoms with Crippen LogP contribution in [0, 0.1) is 0 Å². The van der Waals surface area contributed by atoms with Gasteiger partial charge in [-0.15, -0.1) is 0 Å². The number of carbonyl (C=O) groups is 2. The van der Waals surface area contributed by atoms with Gasteiger partial charge in [-0.25, -0.2) is 0 Å². The van der Waals surface area contributed by atoms with Gasteiger partial charge in [0.15, 0.2) is 0 Å². The third-order valence-corrected chi connectivity index (χ3v) is 2.52. The van der Waals surface area contributed by atoms with E-state index in [1.165, 1.54) is 0 Å². The van der Waals surface area contributed by atoms with Gasteiger partial charge in [-0.1, -0.05) is 0 Å². The van der Waals surface area contributed by atoms with E-state index in [2.05, 4.69) is 4.74 Å². The molecule has 0 aromatic heterocycles. The molecule has 0 atom stereocenters. The molecule has 1 amide bonds. The normalized spacial score (nSPS) is 12.2. The maximum atomic E-state index is 12.4. The van der Waals surface area contributed by atoms with Crippen molar-refractivity contribution in [2.24, 2.45) is 5.73 Å². The Bertz CT molecular complexity index is 338. The predicted molar refractivity (Wildman–Crippen MR) is 66.8 cm³/mol. The topological polar surface area (TPSA) is 72.6 Å². The maximum Gasteiger partial charge on any atom is 0.406 e. The van der Waals surface area contributed by atoms with E-state index in [-0.39, 0.29) is 25.8 Å². The van der Waals surface area contributed by atoms with Crippen LogP contribution in [0.4, 0.5) is 13.2 Å². The van der Waals surface area contributed by atoms with Crippen molar-refractivity contribution in [3.8, 4) is 0 Å². The second kappa shape index (κ2) is 7.47. The summed E-state index contributed by atoms with van der Waals surface area (Å²) in [6.45, 7) is 1.66. The molecule has 0 heterocycles. The lowest BCUT2D eigenvalue weighted by molar-refractivity contribution is -0.162. The minimum atomic E-state index is -4.51. The van der Waals surface area contributed by atoms with E-state index in [0.29, 0.717) is 4.90 Å². The fraction of sp³-hybridized carbons (Fsp3) is 0.833. The van der Waals surface area contributed by atoms with Crippen LogP contribution >= 0.6 is 0 Å². The lowest BCUT2D eigenvalue weighted by Crippen LogP contribution is -2.41. The first-order valence-electron chi connectivity index (χ1n) is 6.15. The molecule has 0 aliphatic carbocycles. The Morgan fingerprint density at radius 1 is 1.20 bits per heavy atom. The SMILES string of the molecule is COC(=O)CCN(CC(F)(F)F)C(=O)CCC(C)(C)N. The van der Waals surface area contributed by atoms with E-state index in [9.17, 15) is 22.8 Å². The Kier molecular flexibility index (Phi) is 6.98. The molecule has 0 aromatic rings. The molecule has 0 unspecified atom stereocenters. The number of ether oxygens (including phenoxy) is 1. The first-order chi connectivity index (χ1) is 8.94. The summed E-state index contributed by atoms with van der Waals surface area (Å²) in [6.07, 6.45) is -4.62. The number of nitrogens with zero attached hydrogens (tertiary/aromatic N) is 1. The molecule has 0 aliphatic rings. The van der Waals surface area contributed by atoms with Gasteiger partial charge in [0, 0.05) is 18.5 Å². The molecule has 0 fully saturated rings. The number of alkyl halides is 3. The van der Waals surface area contributed by atoms with Gasteiger partial charge in [0.25, 0.3) is 0 Å². The number of carbonyl (C=O) groups excluding carboxylic acids is 2. The Morgan fingerprint density at radius 2 is 1.75 bits per heavy atom. The van der Waals surface area contributed by atoms with Gasteiger partial charge < -0.3 is 15.4 Å². The summed E-state index contributed by atoms with van der Waals surface area (Å²) in [5.41, 5.74) is 5.05.